The van der Waals surface area contributed by atoms with Crippen LogP contribution in [0, 0.1) is 6.92 Å². The molecular weight excluding hydrogens is 374 g/mol. The van der Waals surface area contributed by atoms with E-state index in [9.17, 15) is 13.2 Å². The second-order valence-electron chi connectivity index (χ2n) is 4.01. The molecule has 1 aromatic heterocycles. The lowest BCUT2D eigenvalue weighted by molar-refractivity contribution is -0.274. The number of aryl methyl sites for hydroxylation is 1. The molecule has 0 bridgehead atoms. The quantitative estimate of drug-likeness (QED) is 0.657. The van der Waals surface area contributed by atoms with Crippen LogP contribution in [0.4, 0.5) is 13.2 Å². The molecule has 1 aromatic carbocycles. The number of halogens is 5. The van der Waals surface area contributed by atoms with Crippen LogP contribution in [0.2, 0.25) is 5.15 Å². The molecule has 0 aliphatic heterocycles. The van der Waals surface area contributed by atoms with Crippen molar-refractivity contribution in [2.45, 2.75) is 13.3 Å². The van der Waals surface area contributed by atoms with Gasteiger partial charge in [0.25, 0.3) is 0 Å². The zero-order valence-corrected chi connectivity index (χ0v) is 12.9. The third-order valence-electron chi connectivity index (χ3n) is 2.38. The lowest BCUT2D eigenvalue weighted by atomic mass is 10.3. The maximum atomic E-state index is 12.2. The van der Waals surface area contributed by atoms with Crippen LogP contribution in [0.3, 0.4) is 0 Å². The van der Waals surface area contributed by atoms with E-state index in [0.29, 0.717) is 11.5 Å². The van der Waals surface area contributed by atoms with Crippen molar-refractivity contribution in [3.8, 4) is 17.2 Å². The van der Waals surface area contributed by atoms with Gasteiger partial charge in [-0.3, -0.25) is 0 Å². The number of ether oxygens (including phenoxy) is 2. The summed E-state index contributed by atoms with van der Waals surface area (Å²) in [7, 11) is 0. The summed E-state index contributed by atoms with van der Waals surface area (Å²) in [6, 6.07) is 5.41. The first-order valence-corrected chi connectivity index (χ1v) is 6.77. The van der Waals surface area contributed by atoms with Crippen molar-refractivity contribution >= 4 is 27.5 Å². The number of hydrogen-bond donors (Lipinski definition) is 0. The fourth-order valence-corrected chi connectivity index (χ4v) is 2.06. The molecule has 0 aliphatic carbocycles. The largest absolute Gasteiger partial charge is 0.573 e. The van der Waals surface area contributed by atoms with Crippen LogP contribution in [0.5, 0.6) is 17.2 Å². The molecule has 112 valence electrons. The molecule has 8 heteroatoms. The Bertz CT molecular complexity index is 664. The number of benzene rings is 1. The highest BCUT2D eigenvalue weighted by Gasteiger charge is 2.32. The molecule has 3 nitrogen and oxygen atoms in total. The molecule has 2 aromatic rings. The van der Waals surface area contributed by atoms with Crippen LogP contribution >= 0.6 is 27.5 Å². The van der Waals surface area contributed by atoms with Crippen molar-refractivity contribution in [1.82, 2.24) is 4.98 Å². The van der Waals surface area contributed by atoms with Gasteiger partial charge in [0.05, 0.1) is 4.47 Å². The number of alkyl halides is 3. The van der Waals surface area contributed by atoms with E-state index in [-0.39, 0.29) is 15.4 Å². The lowest BCUT2D eigenvalue weighted by Gasteiger charge is -2.13. The first-order valence-electron chi connectivity index (χ1n) is 5.60. The van der Waals surface area contributed by atoms with Gasteiger partial charge in [-0.25, -0.2) is 4.98 Å². The average Bonchev–Trinajstić information content (AvgIpc) is 2.36. The molecule has 0 saturated carbocycles. The highest BCUT2D eigenvalue weighted by Crippen LogP contribution is 2.35. The molecule has 0 saturated heterocycles. The van der Waals surface area contributed by atoms with Crippen LogP contribution in [-0.2, 0) is 0 Å². The highest BCUT2D eigenvalue weighted by atomic mass is 79.9. The minimum absolute atomic E-state index is 0.120. The molecule has 0 fully saturated rings. The maximum Gasteiger partial charge on any atom is 0.573 e. The normalized spacial score (nSPS) is 11.3. The summed E-state index contributed by atoms with van der Waals surface area (Å²) in [5, 5.41) is 0.256. The maximum absolute atomic E-state index is 12.2. The van der Waals surface area contributed by atoms with Crippen molar-refractivity contribution in [3.63, 3.8) is 0 Å². The molecule has 0 atom stereocenters. The van der Waals surface area contributed by atoms with E-state index in [1.54, 1.807) is 6.92 Å². The van der Waals surface area contributed by atoms with Gasteiger partial charge in [0.2, 0.25) is 0 Å². The van der Waals surface area contributed by atoms with Gasteiger partial charge >= 0.3 is 6.36 Å². The summed E-state index contributed by atoms with van der Waals surface area (Å²) in [5.74, 6) is 0.451. The number of aromatic nitrogens is 1. The number of hydrogen-bond acceptors (Lipinski definition) is 3. The standard InChI is InChI=1S/C13H8BrClF3NO2/c1-7-6-19-12(15)5-11(7)20-8-2-3-10(9(14)4-8)21-13(16,17)18/h2-6H,1H3. The van der Waals surface area contributed by atoms with Gasteiger partial charge in [-0.2, -0.15) is 0 Å². The molecule has 1 heterocycles. The van der Waals surface area contributed by atoms with Crippen LogP contribution in [0.1, 0.15) is 5.56 Å². The van der Waals surface area contributed by atoms with Crippen LogP contribution in [0.25, 0.3) is 0 Å². The minimum Gasteiger partial charge on any atom is -0.457 e. The van der Waals surface area contributed by atoms with E-state index < -0.39 is 6.36 Å². The van der Waals surface area contributed by atoms with Crippen molar-refractivity contribution in [3.05, 3.63) is 45.7 Å². The summed E-state index contributed by atoms with van der Waals surface area (Å²) in [4.78, 5) is 3.88. The highest BCUT2D eigenvalue weighted by molar-refractivity contribution is 9.10. The lowest BCUT2D eigenvalue weighted by Crippen LogP contribution is -2.17. The topological polar surface area (TPSA) is 31.4 Å². The Balaban J connectivity index is 2.22. The van der Waals surface area contributed by atoms with E-state index in [1.807, 2.05) is 0 Å². The van der Waals surface area contributed by atoms with Crippen molar-refractivity contribution in [1.29, 1.82) is 0 Å². The predicted octanol–water partition coefficient (Wildman–Crippen LogP) is 5.50. The molecule has 0 amide bonds. The molecule has 0 radical (unpaired) electrons. The van der Waals surface area contributed by atoms with Gasteiger partial charge in [-0.1, -0.05) is 11.6 Å². The summed E-state index contributed by atoms with van der Waals surface area (Å²) in [6.07, 6.45) is -3.21. The van der Waals surface area contributed by atoms with Crippen molar-refractivity contribution < 1.29 is 22.6 Å². The number of rotatable bonds is 3. The SMILES string of the molecule is Cc1cnc(Cl)cc1Oc1ccc(OC(F)(F)F)c(Br)c1. The summed E-state index contributed by atoms with van der Waals surface area (Å²) >= 11 is 8.77. The second-order valence-corrected chi connectivity index (χ2v) is 5.26. The Morgan fingerprint density at radius 3 is 2.52 bits per heavy atom. The summed E-state index contributed by atoms with van der Waals surface area (Å²) in [6.45, 7) is 1.77. The smallest absolute Gasteiger partial charge is 0.457 e. The fraction of sp³-hybridized carbons (Fsp3) is 0.154. The molecule has 0 spiro atoms. The van der Waals surface area contributed by atoms with Crippen molar-refractivity contribution in [2.24, 2.45) is 0 Å². The van der Waals surface area contributed by atoms with Crippen LogP contribution in [-0.4, -0.2) is 11.3 Å². The first kappa shape index (κ1) is 15.9. The summed E-state index contributed by atoms with van der Waals surface area (Å²) < 4.78 is 46.0. The minimum atomic E-state index is -4.75. The van der Waals surface area contributed by atoms with Crippen molar-refractivity contribution in [2.75, 3.05) is 0 Å². The van der Waals surface area contributed by atoms with Gasteiger partial charge in [0.1, 0.15) is 22.4 Å². The Morgan fingerprint density at radius 2 is 1.90 bits per heavy atom. The molecule has 0 unspecified atom stereocenters. The van der Waals surface area contributed by atoms with E-state index in [4.69, 9.17) is 16.3 Å². The van der Waals surface area contributed by atoms with Gasteiger partial charge < -0.3 is 9.47 Å². The molecule has 0 aliphatic rings. The molecule has 2 rings (SSSR count). The van der Waals surface area contributed by atoms with E-state index >= 15 is 0 Å². The predicted molar refractivity (Wildman–Crippen MR) is 74.9 cm³/mol. The fourth-order valence-electron chi connectivity index (χ4n) is 1.47. The number of pyridine rings is 1. The van der Waals surface area contributed by atoms with E-state index in [1.165, 1.54) is 24.4 Å². The average molecular weight is 383 g/mol. The van der Waals surface area contributed by atoms with Crippen LogP contribution in [0.15, 0.2) is 34.9 Å². The zero-order valence-electron chi connectivity index (χ0n) is 10.5. The van der Waals surface area contributed by atoms with Gasteiger partial charge in [-0.05, 0) is 41.1 Å². The Kier molecular flexibility index (Phi) is 4.63. The third-order valence-corrected chi connectivity index (χ3v) is 3.20. The zero-order chi connectivity index (χ0) is 15.6. The molecule has 0 N–H and O–H groups in total. The Morgan fingerprint density at radius 1 is 1.19 bits per heavy atom. The first-order chi connectivity index (χ1) is 9.74. The molecule has 21 heavy (non-hydrogen) atoms. The van der Waals surface area contributed by atoms with Gasteiger partial charge in [-0.15, -0.1) is 13.2 Å². The summed E-state index contributed by atoms with van der Waals surface area (Å²) in [5.41, 5.74) is 0.742. The third kappa shape index (κ3) is 4.50. The van der Waals surface area contributed by atoms with Gasteiger partial charge in [0.15, 0.2) is 0 Å². The van der Waals surface area contributed by atoms with Gasteiger partial charge in [0, 0.05) is 17.8 Å². The van der Waals surface area contributed by atoms with E-state index in [2.05, 4.69) is 25.7 Å². The Hall–Kier alpha value is -1.47. The number of nitrogens with zero attached hydrogens (tertiary/aromatic N) is 1. The van der Waals surface area contributed by atoms with E-state index in [0.717, 1.165) is 11.6 Å². The van der Waals surface area contributed by atoms with Crippen LogP contribution < -0.4 is 9.47 Å². The Labute approximate surface area is 131 Å². The second kappa shape index (κ2) is 6.11. The monoisotopic (exact) mass is 381 g/mol. The molecular formula is C13H8BrClF3NO2.